The maximum Gasteiger partial charge on any atom is 0.304 e. The predicted octanol–water partition coefficient (Wildman–Crippen LogP) is 3.67. The lowest BCUT2D eigenvalue weighted by molar-refractivity contribution is -0.137. The first-order chi connectivity index (χ1) is 9.11. The minimum Gasteiger partial charge on any atom is -0.496 e. The summed E-state index contributed by atoms with van der Waals surface area (Å²) in [6.45, 7) is 2.00. The molecule has 19 heavy (non-hydrogen) atoms. The summed E-state index contributed by atoms with van der Waals surface area (Å²) in [6.07, 6.45) is 0.0698. The van der Waals surface area contributed by atoms with E-state index in [0.717, 1.165) is 21.8 Å². The molecule has 4 heteroatoms. The Morgan fingerprint density at radius 3 is 2.79 bits per heavy atom. The lowest BCUT2D eigenvalue weighted by atomic mass is 9.92. The van der Waals surface area contributed by atoms with Gasteiger partial charge in [0.2, 0.25) is 0 Å². The molecule has 0 radical (unpaired) electrons. The molecule has 2 aromatic rings. The second-order valence-electron chi connectivity index (χ2n) is 4.41. The van der Waals surface area contributed by atoms with Crippen LogP contribution in [0.25, 0.3) is 0 Å². The van der Waals surface area contributed by atoms with E-state index in [-0.39, 0.29) is 12.3 Å². The number of ether oxygens (including phenoxy) is 1. The summed E-state index contributed by atoms with van der Waals surface area (Å²) in [4.78, 5) is 12.2. The Morgan fingerprint density at radius 1 is 1.42 bits per heavy atom. The SMILES string of the molecule is COc1ccc(C)cc1C(CC(=O)O)c1cccs1. The van der Waals surface area contributed by atoms with Crippen molar-refractivity contribution >= 4 is 17.3 Å². The normalized spacial score (nSPS) is 12.1. The molecule has 0 spiro atoms. The number of thiophene rings is 1. The van der Waals surface area contributed by atoms with Gasteiger partial charge in [0.25, 0.3) is 0 Å². The maximum atomic E-state index is 11.1. The first-order valence-electron chi connectivity index (χ1n) is 6.01. The first-order valence-corrected chi connectivity index (χ1v) is 6.89. The summed E-state index contributed by atoms with van der Waals surface area (Å²) in [6, 6.07) is 9.78. The van der Waals surface area contributed by atoms with Gasteiger partial charge in [0.05, 0.1) is 13.5 Å². The second-order valence-corrected chi connectivity index (χ2v) is 5.39. The number of hydrogen-bond acceptors (Lipinski definition) is 3. The lowest BCUT2D eigenvalue weighted by Crippen LogP contribution is -2.08. The van der Waals surface area contributed by atoms with Crippen LogP contribution >= 0.6 is 11.3 Å². The Hall–Kier alpha value is -1.81. The standard InChI is InChI=1S/C15H16O3S/c1-10-5-6-13(18-2)11(8-10)12(9-15(16)17)14-4-3-7-19-14/h3-8,12H,9H2,1-2H3,(H,16,17). The molecule has 0 amide bonds. The Labute approximate surface area is 116 Å². The van der Waals surface area contributed by atoms with Gasteiger partial charge in [-0.05, 0) is 24.4 Å². The molecule has 1 heterocycles. The van der Waals surface area contributed by atoms with Crippen molar-refractivity contribution in [1.29, 1.82) is 0 Å². The minimum atomic E-state index is -0.804. The highest BCUT2D eigenvalue weighted by Crippen LogP contribution is 2.37. The van der Waals surface area contributed by atoms with Gasteiger partial charge >= 0.3 is 5.97 Å². The zero-order valence-electron chi connectivity index (χ0n) is 10.9. The quantitative estimate of drug-likeness (QED) is 0.906. The van der Waals surface area contributed by atoms with Gasteiger partial charge in [0.15, 0.2) is 0 Å². The van der Waals surface area contributed by atoms with Crippen molar-refractivity contribution in [1.82, 2.24) is 0 Å². The largest absolute Gasteiger partial charge is 0.496 e. The minimum absolute atomic E-state index is 0.0698. The molecule has 1 atom stereocenters. The molecule has 2 rings (SSSR count). The van der Waals surface area contributed by atoms with E-state index >= 15 is 0 Å². The highest BCUT2D eigenvalue weighted by atomic mass is 32.1. The van der Waals surface area contributed by atoms with Crippen LogP contribution in [0, 0.1) is 6.92 Å². The van der Waals surface area contributed by atoms with Gasteiger partial charge in [-0.15, -0.1) is 11.3 Å². The van der Waals surface area contributed by atoms with Gasteiger partial charge in [-0.3, -0.25) is 4.79 Å². The summed E-state index contributed by atoms with van der Waals surface area (Å²) in [7, 11) is 1.61. The molecule has 0 aliphatic rings. The Balaban J connectivity index is 2.48. The summed E-state index contributed by atoms with van der Waals surface area (Å²) < 4.78 is 5.37. The number of aryl methyl sites for hydroxylation is 1. The monoisotopic (exact) mass is 276 g/mol. The fourth-order valence-corrected chi connectivity index (χ4v) is 3.00. The molecular weight excluding hydrogens is 260 g/mol. The third kappa shape index (κ3) is 3.15. The molecule has 3 nitrogen and oxygen atoms in total. The van der Waals surface area contributed by atoms with Crippen molar-refractivity contribution in [2.45, 2.75) is 19.3 Å². The van der Waals surface area contributed by atoms with Crippen LogP contribution in [0.2, 0.25) is 0 Å². The molecule has 0 bridgehead atoms. The summed E-state index contributed by atoms with van der Waals surface area (Å²) in [5.41, 5.74) is 2.04. The molecule has 0 aliphatic heterocycles. The molecule has 100 valence electrons. The predicted molar refractivity (Wildman–Crippen MR) is 76.1 cm³/mol. The van der Waals surface area contributed by atoms with Gasteiger partial charge < -0.3 is 9.84 Å². The molecule has 0 saturated carbocycles. The number of hydrogen-bond donors (Lipinski definition) is 1. The van der Waals surface area contributed by atoms with Crippen LogP contribution in [0.4, 0.5) is 0 Å². The van der Waals surface area contributed by atoms with Gasteiger partial charge in [0.1, 0.15) is 5.75 Å². The van der Waals surface area contributed by atoms with Crippen molar-refractivity contribution in [3.8, 4) is 5.75 Å². The molecule has 0 fully saturated rings. The van der Waals surface area contributed by atoms with Gasteiger partial charge in [-0.1, -0.05) is 23.8 Å². The zero-order chi connectivity index (χ0) is 13.8. The lowest BCUT2D eigenvalue weighted by Gasteiger charge is -2.18. The number of carboxylic acids is 1. The van der Waals surface area contributed by atoms with Crippen LogP contribution in [-0.4, -0.2) is 18.2 Å². The average molecular weight is 276 g/mol. The number of methoxy groups -OCH3 is 1. The van der Waals surface area contributed by atoms with E-state index in [9.17, 15) is 4.79 Å². The third-order valence-electron chi connectivity index (χ3n) is 3.03. The fourth-order valence-electron chi connectivity index (χ4n) is 2.15. The van der Waals surface area contributed by atoms with Crippen molar-refractivity contribution in [2.75, 3.05) is 7.11 Å². The van der Waals surface area contributed by atoms with Crippen LogP contribution in [0.3, 0.4) is 0 Å². The van der Waals surface area contributed by atoms with Gasteiger partial charge in [-0.25, -0.2) is 0 Å². The van der Waals surface area contributed by atoms with Gasteiger partial charge in [0, 0.05) is 16.4 Å². The van der Waals surface area contributed by atoms with Crippen molar-refractivity contribution in [3.63, 3.8) is 0 Å². The second kappa shape index (κ2) is 5.89. The van der Waals surface area contributed by atoms with Crippen molar-refractivity contribution in [3.05, 3.63) is 51.7 Å². The highest BCUT2D eigenvalue weighted by molar-refractivity contribution is 7.10. The van der Waals surface area contributed by atoms with Crippen LogP contribution in [0.1, 0.15) is 28.3 Å². The molecular formula is C15H16O3S. The number of aliphatic carboxylic acids is 1. The Morgan fingerprint density at radius 2 is 2.21 bits per heavy atom. The molecule has 1 aromatic heterocycles. The van der Waals surface area contributed by atoms with E-state index < -0.39 is 5.97 Å². The van der Waals surface area contributed by atoms with Crippen molar-refractivity contribution < 1.29 is 14.6 Å². The zero-order valence-corrected chi connectivity index (χ0v) is 11.7. The van der Waals surface area contributed by atoms with Crippen LogP contribution in [0.5, 0.6) is 5.75 Å². The van der Waals surface area contributed by atoms with E-state index in [0.29, 0.717) is 0 Å². The number of carboxylic acid groups (broad SMARTS) is 1. The Kier molecular flexibility index (Phi) is 4.22. The number of benzene rings is 1. The van der Waals surface area contributed by atoms with Crippen LogP contribution < -0.4 is 4.74 Å². The van der Waals surface area contributed by atoms with Crippen molar-refractivity contribution in [2.24, 2.45) is 0 Å². The van der Waals surface area contributed by atoms with Gasteiger partial charge in [-0.2, -0.15) is 0 Å². The molecule has 1 N–H and O–H groups in total. The van der Waals surface area contributed by atoms with E-state index in [4.69, 9.17) is 9.84 Å². The smallest absolute Gasteiger partial charge is 0.304 e. The van der Waals surface area contributed by atoms with Crippen LogP contribution in [0.15, 0.2) is 35.7 Å². The topological polar surface area (TPSA) is 46.5 Å². The molecule has 1 unspecified atom stereocenters. The van der Waals surface area contributed by atoms with E-state index in [1.807, 2.05) is 42.6 Å². The molecule has 1 aromatic carbocycles. The molecule has 0 saturated heterocycles. The molecule has 0 aliphatic carbocycles. The Bertz CT molecular complexity index is 561. The highest BCUT2D eigenvalue weighted by Gasteiger charge is 2.22. The number of carbonyl (C=O) groups is 1. The summed E-state index contributed by atoms with van der Waals surface area (Å²) in [5, 5.41) is 11.1. The average Bonchev–Trinajstić information content (AvgIpc) is 2.89. The number of rotatable bonds is 5. The summed E-state index contributed by atoms with van der Waals surface area (Å²) in [5.74, 6) is -0.223. The van der Waals surface area contributed by atoms with E-state index in [1.54, 1.807) is 18.4 Å². The van der Waals surface area contributed by atoms with E-state index in [1.165, 1.54) is 0 Å². The fraction of sp³-hybridized carbons (Fsp3) is 0.267. The maximum absolute atomic E-state index is 11.1. The van der Waals surface area contributed by atoms with Crippen LogP contribution in [-0.2, 0) is 4.79 Å². The summed E-state index contributed by atoms with van der Waals surface area (Å²) >= 11 is 1.57. The first kappa shape index (κ1) is 13.6. The third-order valence-corrected chi connectivity index (χ3v) is 4.01. The van der Waals surface area contributed by atoms with E-state index in [2.05, 4.69) is 0 Å².